The van der Waals surface area contributed by atoms with Gasteiger partial charge in [0.1, 0.15) is 59.5 Å². The van der Waals surface area contributed by atoms with Crippen molar-refractivity contribution in [1.29, 1.82) is 5.26 Å². The Morgan fingerprint density at radius 3 is 1.03 bits per heavy atom. The minimum atomic E-state index is -4.04. The monoisotopic (exact) mass is 1180 g/mol. The number of methoxy groups -OCH3 is 2. The maximum absolute atomic E-state index is 11.2. The van der Waals surface area contributed by atoms with E-state index in [9.17, 15) is 66.1 Å². The number of carbonyl (C=O) groups excluding carboxylic acids is 5. The summed E-state index contributed by atoms with van der Waals surface area (Å²) in [5, 5.41) is 8.13. The zero-order valence-electron chi connectivity index (χ0n) is 39.9. The lowest BCUT2D eigenvalue weighted by molar-refractivity contribution is -0.153. The Morgan fingerprint density at radius 1 is 0.459 bits per heavy atom. The molecule has 0 amide bonds. The van der Waals surface area contributed by atoms with Crippen molar-refractivity contribution in [1.82, 2.24) is 0 Å². The first-order valence-electron chi connectivity index (χ1n) is 20.9. The lowest BCUT2D eigenvalue weighted by Crippen LogP contribution is -2.27. The molecule has 0 spiro atoms. The third-order valence-corrected chi connectivity index (χ3v) is 11.9. The Morgan fingerprint density at radius 2 is 0.757 bits per heavy atom. The topological polar surface area (TPSA) is 455 Å². The van der Waals surface area contributed by atoms with Gasteiger partial charge in [0.15, 0.2) is 0 Å². The van der Waals surface area contributed by atoms with Crippen LogP contribution in [-0.2, 0) is 160 Å². The van der Waals surface area contributed by atoms with Crippen LogP contribution in [0.3, 0.4) is 0 Å². The lowest BCUT2D eigenvalue weighted by Gasteiger charge is -2.09. The maximum Gasteiger partial charge on any atom is 0.400 e. The fraction of sp³-hybridized carbons (Fsp3) is 0.824. The highest BCUT2D eigenvalue weighted by Gasteiger charge is 2.40. The highest BCUT2D eigenvalue weighted by Crippen LogP contribution is 2.17. The second kappa shape index (κ2) is 34.6. The van der Waals surface area contributed by atoms with Crippen LogP contribution in [-0.4, -0.2) is 222 Å². The molecule has 5 aliphatic heterocycles. The summed E-state index contributed by atoms with van der Waals surface area (Å²) in [6.07, 6.45) is -5.40. The molecule has 0 N–H and O–H groups in total. The van der Waals surface area contributed by atoms with E-state index in [2.05, 4.69) is 60.8 Å². The van der Waals surface area contributed by atoms with Crippen molar-refractivity contribution in [3.63, 3.8) is 0 Å². The minimum Gasteiger partial charge on any atom is -0.464 e. The molecule has 0 aromatic rings. The quantitative estimate of drug-likeness (QED) is 0.0566. The molecule has 5 saturated heterocycles. The first-order valence-corrected chi connectivity index (χ1v) is 27.5. The van der Waals surface area contributed by atoms with Crippen molar-refractivity contribution in [3.05, 3.63) is 0 Å². The SMILES string of the molecule is CC(C)OCCOC(=O)C1COS(=O)(=O)O1.CCOCCOC(=O)C1COS(=O)(=O)O1.COCCCOC(=O)C1COS(=O)(=O)O1.COCCOC(=O)C1COS(=O)(=O)O1.N#CCCOC(=O)C1COS(=O)(=O)O1. The van der Waals surface area contributed by atoms with Crippen LogP contribution in [0.1, 0.15) is 33.6 Å². The van der Waals surface area contributed by atoms with Gasteiger partial charge in [-0.1, -0.05) is 0 Å². The van der Waals surface area contributed by atoms with Gasteiger partial charge in [-0.15, -0.1) is 0 Å². The van der Waals surface area contributed by atoms with E-state index in [4.69, 9.17) is 28.9 Å². The summed E-state index contributed by atoms with van der Waals surface area (Å²) < 4.78 is 192. The van der Waals surface area contributed by atoms with Crippen LogP contribution < -0.4 is 0 Å². The zero-order valence-corrected chi connectivity index (χ0v) is 43.9. The van der Waals surface area contributed by atoms with Crippen LogP contribution in [0.4, 0.5) is 0 Å². The Balaban J connectivity index is 0.000000463. The van der Waals surface area contributed by atoms with Crippen molar-refractivity contribution < 1.29 is 151 Å². The highest BCUT2D eigenvalue weighted by atomic mass is 32.3. The number of nitrogens with zero attached hydrogens (tertiary/aromatic N) is 1. The summed E-state index contributed by atoms with van der Waals surface area (Å²) >= 11 is 0. The normalized spacial score (nSPS) is 24.0. The summed E-state index contributed by atoms with van der Waals surface area (Å²) in [6.45, 7) is 5.77. The smallest absolute Gasteiger partial charge is 0.400 e. The van der Waals surface area contributed by atoms with E-state index in [1.807, 2.05) is 20.8 Å². The molecule has 5 heterocycles. The van der Waals surface area contributed by atoms with Gasteiger partial charge in [0.05, 0.1) is 45.0 Å². The van der Waals surface area contributed by atoms with Gasteiger partial charge in [0, 0.05) is 33.9 Å². The average molecular weight is 1180 g/mol. The van der Waals surface area contributed by atoms with Crippen LogP contribution in [0.15, 0.2) is 0 Å². The summed E-state index contributed by atoms with van der Waals surface area (Å²) in [4.78, 5) is 55.6. The first-order chi connectivity index (χ1) is 34.6. The number of hydrogen-bond acceptors (Lipinski definition) is 35. The number of nitriles is 1. The average Bonchev–Trinajstić information content (AvgIpc) is 4.16. The second-order valence-corrected chi connectivity index (χ2v) is 19.8. The summed E-state index contributed by atoms with van der Waals surface area (Å²) in [5.74, 6) is -3.90. The summed E-state index contributed by atoms with van der Waals surface area (Å²) in [7, 11) is -17.1. The summed E-state index contributed by atoms with van der Waals surface area (Å²) in [6, 6.07) is 1.76. The molecule has 5 aliphatic rings. The van der Waals surface area contributed by atoms with Gasteiger partial charge in [0.25, 0.3) is 0 Å². The van der Waals surface area contributed by atoms with Gasteiger partial charge in [-0.2, -0.15) is 47.4 Å². The van der Waals surface area contributed by atoms with Gasteiger partial charge in [-0.25, -0.2) is 65.8 Å². The van der Waals surface area contributed by atoms with Crippen LogP contribution in [0.5, 0.6) is 0 Å². The van der Waals surface area contributed by atoms with Crippen molar-refractivity contribution in [2.45, 2.75) is 70.2 Å². The fourth-order valence-corrected chi connectivity index (χ4v) is 8.11. The number of hydrogen-bond donors (Lipinski definition) is 0. The predicted octanol–water partition coefficient (Wildman–Crippen LogP) is -3.99. The number of ether oxygens (including phenoxy) is 9. The minimum absolute atomic E-state index is 0.0464. The molecule has 74 heavy (non-hydrogen) atoms. The van der Waals surface area contributed by atoms with E-state index >= 15 is 0 Å². The standard InChI is InChI=1S/C8H14O7S.2C7H12O7S.C6H7NO6S.C6H10O7S/c1-6(2)12-3-4-13-8(9)7-5-14-16(10,11)15-7;1-11-3-2-4-12-7(8)6-5-13-15(9,10)14-6;1-2-11-3-4-12-7(8)6-5-13-15(9,10)14-6;7-2-1-3-11-6(8)5-4-12-14(9,10)13-5;1-10-2-3-11-6(7)5-4-12-14(8,9)13-5/h6-7H,3-5H2,1-2H3;2*6H,2-5H2,1H3;5H,1,3-4H2;5H,2-4H2,1H3. The molecule has 0 aliphatic carbocycles. The molecule has 0 aromatic heterocycles. The van der Waals surface area contributed by atoms with Crippen LogP contribution in [0.25, 0.3) is 0 Å². The molecule has 40 heteroatoms. The van der Waals surface area contributed by atoms with E-state index < -0.39 is 112 Å². The molecule has 0 aromatic carbocycles. The Kier molecular flexibility index (Phi) is 31.9. The second-order valence-electron chi connectivity index (χ2n) is 13.6. The molecule has 430 valence electrons. The molecule has 0 radical (unpaired) electrons. The van der Waals surface area contributed by atoms with E-state index in [0.29, 0.717) is 19.6 Å². The van der Waals surface area contributed by atoms with Crippen molar-refractivity contribution in [3.8, 4) is 6.07 Å². The van der Waals surface area contributed by atoms with Crippen molar-refractivity contribution in [2.75, 3.05) is 113 Å². The Hall–Kier alpha value is -3.97. The van der Waals surface area contributed by atoms with Crippen LogP contribution in [0.2, 0.25) is 0 Å². The first kappa shape index (κ1) is 68.0. The van der Waals surface area contributed by atoms with Gasteiger partial charge in [-0.05, 0) is 20.8 Å². The molecule has 0 bridgehead atoms. The third kappa shape index (κ3) is 30.5. The number of carbonyl (C=O) groups is 5. The molecule has 35 nitrogen and oxygen atoms in total. The van der Waals surface area contributed by atoms with Crippen molar-refractivity contribution in [2.24, 2.45) is 0 Å². The molecular formula is C34H55NO34S5. The molecule has 5 rings (SSSR count). The fourth-order valence-electron chi connectivity index (χ4n) is 4.29. The predicted molar refractivity (Wildman–Crippen MR) is 230 cm³/mol. The van der Waals surface area contributed by atoms with E-state index in [0.717, 1.165) is 0 Å². The highest BCUT2D eigenvalue weighted by molar-refractivity contribution is 7.83. The molecular weight excluding hydrogens is 1130 g/mol. The maximum atomic E-state index is 11.2. The zero-order chi connectivity index (χ0) is 56.0. The Labute approximate surface area is 425 Å². The molecule has 5 fully saturated rings. The molecule has 5 atom stereocenters. The van der Waals surface area contributed by atoms with Gasteiger partial charge >= 0.3 is 81.8 Å². The molecule has 0 saturated carbocycles. The molecule has 5 unspecified atom stereocenters. The van der Waals surface area contributed by atoms with Crippen molar-refractivity contribution >= 4 is 81.8 Å². The van der Waals surface area contributed by atoms with Crippen LogP contribution in [0, 0.1) is 11.3 Å². The number of esters is 5. The van der Waals surface area contributed by atoms with Gasteiger partial charge in [0.2, 0.25) is 30.5 Å². The van der Waals surface area contributed by atoms with Crippen LogP contribution >= 0.6 is 0 Å². The lowest BCUT2D eigenvalue weighted by atomic mass is 10.4. The van der Waals surface area contributed by atoms with Gasteiger partial charge < -0.3 is 42.6 Å². The van der Waals surface area contributed by atoms with Gasteiger partial charge in [-0.3, -0.25) is 0 Å². The van der Waals surface area contributed by atoms with E-state index in [1.165, 1.54) is 14.2 Å². The Bertz CT molecular complexity index is 2310. The number of rotatable bonds is 22. The third-order valence-electron chi connectivity index (χ3n) is 7.49. The summed E-state index contributed by atoms with van der Waals surface area (Å²) in [5.41, 5.74) is 0. The largest absolute Gasteiger partial charge is 0.464 e. The van der Waals surface area contributed by atoms with E-state index in [-0.39, 0.29) is 98.4 Å². The van der Waals surface area contributed by atoms with E-state index in [1.54, 1.807) is 6.07 Å².